The molecular formula is C35H40ClN3O7. The highest BCUT2D eigenvalue weighted by Crippen LogP contribution is 2.59. The first-order chi connectivity index (χ1) is 22.2. The second kappa shape index (κ2) is 14.2. The van der Waals surface area contributed by atoms with Gasteiger partial charge in [0.2, 0.25) is 11.8 Å². The van der Waals surface area contributed by atoms with Gasteiger partial charge < -0.3 is 29.7 Å². The summed E-state index contributed by atoms with van der Waals surface area (Å²) in [6, 6.07) is 14.1. The van der Waals surface area contributed by atoms with Crippen LogP contribution in [0.2, 0.25) is 5.02 Å². The predicted molar refractivity (Wildman–Crippen MR) is 173 cm³/mol. The van der Waals surface area contributed by atoms with E-state index in [4.69, 9.17) is 21.1 Å². The fourth-order valence-corrected chi connectivity index (χ4v) is 7.33. The Balaban J connectivity index is 1.47. The van der Waals surface area contributed by atoms with Crippen molar-refractivity contribution < 1.29 is 33.8 Å². The van der Waals surface area contributed by atoms with Gasteiger partial charge in [0.05, 0.1) is 47.8 Å². The number of halogens is 1. The van der Waals surface area contributed by atoms with Crippen molar-refractivity contribution in [2.45, 2.75) is 62.5 Å². The number of anilines is 1. The zero-order chi connectivity index (χ0) is 33.0. The smallest absolute Gasteiger partial charge is 0.313 e. The summed E-state index contributed by atoms with van der Waals surface area (Å²) in [5, 5.41) is 13.4. The van der Waals surface area contributed by atoms with Crippen molar-refractivity contribution in [3.63, 3.8) is 0 Å². The summed E-state index contributed by atoms with van der Waals surface area (Å²) in [5.41, 5.74) is -0.185. The summed E-state index contributed by atoms with van der Waals surface area (Å²) in [7, 11) is 0. The van der Waals surface area contributed by atoms with Gasteiger partial charge in [0.1, 0.15) is 17.7 Å². The first-order valence-corrected chi connectivity index (χ1v) is 16.0. The number of aliphatic hydroxyl groups is 1. The summed E-state index contributed by atoms with van der Waals surface area (Å²) < 4.78 is 12.6. The Kier molecular flexibility index (Phi) is 10.3. The molecule has 1 spiro atoms. The molecule has 3 fully saturated rings. The first-order valence-electron chi connectivity index (χ1n) is 15.6. The van der Waals surface area contributed by atoms with Crippen molar-refractivity contribution in [3.8, 4) is 0 Å². The van der Waals surface area contributed by atoms with Gasteiger partial charge in [-0.25, -0.2) is 0 Å². The predicted octanol–water partition coefficient (Wildman–Crippen LogP) is 3.98. The lowest BCUT2D eigenvalue weighted by atomic mass is 9.70. The Morgan fingerprint density at radius 1 is 1.17 bits per heavy atom. The second-order valence-electron chi connectivity index (χ2n) is 12.0. The minimum Gasteiger partial charge on any atom is -0.455 e. The van der Waals surface area contributed by atoms with Crippen LogP contribution in [-0.4, -0.2) is 77.2 Å². The number of hydrogen-bond acceptors (Lipinski definition) is 7. The minimum atomic E-state index is -1.31. The number of nitrogens with one attached hydrogen (secondary N) is 1. The van der Waals surface area contributed by atoms with Gasteiger partial charge in [-0.2, -0.15) is 0 Å². The molecule has 3 aliphatic rings. The van der Waals surface area contributed by atoms with E-state index in [2.05, 4.69) is 18.5 Å². The largest absolute Gasteiger partial charge is 0.455 e. The molecule has 2 aromatic carbocycles. The maximum Gasteiger partial charge on any atom is 0.313 e. The number of para-hydroxylation sites is 1. The van der Waals surface area contributed by atoms with Crippen LogP contribution in [0.3, 0.4) is 0 Å². The molecule has 0 aromatic heterocycles. The molecule has 0 saturated carbocycles. The van der Waals surface area contributed by atoms with E-state index in [0.717, 1.165) is 0 Å². The number of esters is 1. The van der Waals surface area contributed by atoms with Crippen LogP contribution in [0, 0.1) is 11.8 Å². The van der Waals surface area contributed by atoms with Gasteiger partial charge in [0.15, 0.2) is 0 Å². The lowest BCUT2D eigenvalue weighted by Gasteiger charge is -2.38. The molecule has 3 saturated heterocycles. The first kappa shape index (κ1) is 33.4. The lowest BCUT2D eigenvalue weighted by molar-refractivity contribution is -0.161. The molecule has 0 aliphatic carbocycles. The van der Waals surface area contributed by atoms with Gasteiger partial charge in [-0.15, -0.1) is 13.2 Å². The maximum atomic E-state index is 14.6. The maximum absolute atomic E-state index is 14.6. The number of fused-ring (bicyclic) bond motifs is 1. The number of rotatable bonds is 14. The highest BCUT2D eigenvalue weighted by Gasteiger charge is 2.75. The summed E-state index contributed by atoms with van der Waals surface area (Å²) in [5.74, 6) is -3.72. The van der Waals surface area contributed by atoms with Gasteiger partial charge in [0, 0.05) is 13.0 Å². The van der Waals surface area contributed by atoms with E-state index in [1.165, 1.54) is 9.80 Å². The van der Waals surface area contributed by atoms with Crippen LogP contribution in [0.1, 0.15) is 44.3 Å². The molecule has 0 unspecified atom stereocenters. The third-order valence-electron chi connectivity index (χ3n) is 9.19. The second-order valence-corrected chi connectivity index (χ2v) is 12.4. The number of benzene rings is 2. The van der Waals surface area contributed by atoms with E-state index >= 15 is 0 Å². The number of nitrogens with zero attached hydrogens (tertiary/aromatic N) is 2. The molecule has 10 nitrogen and oxygen atoms in total. The van der Waals surface area contributed by atoms with Crippen molar-refractivity contribution >= 4 is 41.0 Å². The average Bonchev–Trinajstić information content (AvgIpc) is 3.72. The Morgan fingerprint density at radius 3 is 2.57 bits per heavy atom. The number of carbonyl (C=O) groups excluding carboxylic acids is 4. The molecule has 46 heavy (non-hydrogen) atoms. The number of likely N-dealkylation sites (tertiary alicyclic amines) is 1. The summed E-state index contributed by atoms with van der Waals surface area (Å²) in [6.07, 6.45) is 3.34. The lowest BCUT2D eigenvalue weighted by Crippen LogP contribution is -2.58. The fraction of sp³-hybridized carbons (Fsp3) is 0.429. The molecule has 2 aromatic rings. The van der Waals surface area contributed by atoms with Crippen LogP contribution in [-0.2, 0) is 28.7 Å². The van der Waals surface area contributed by atoms with Crippen LogP contribution < -0.4 is 10.2 Å². The quantitative estimate of drug-likeness (QED) is 0.234. The molecule has 7 atom stereocenters. The number of amides is 3. The van der Waals surface area contributed by atoms with E-state index in [1.807, 2.05) is 18.2 Å². The van der Waals surface area contributed by atoms with Crippen LogP contribution >= 0.6 is 11.6 Å². The minimum absolute atomic E-state index is 0.0386. The SMILES string of the molecule is C=CCCC(=O)NC[C@@H](OC(=O)[C@@H]1[C@@H]2CC[C@]3(O2)[C@H](C(=O)N(CC=C)c2ccccc2Cl)N([C@H](C)CO)C(=O)[C@@H]13)c1ccccc1. The number of aliphatic hydroxyl groups excluding tert-OH is 1. The third kappa shape index (κ3) is 6.09. The molecule has 2 N–H and O–H groups in total. The van der Waals surface area contributed by atoms with Gasteiger partial charge >= 0.3 is 5.97 Å². The number of hydrogen-bond donors (Lipinski definition) is 2. The van der Waals surface area contributed by atoms with Crippen molar-refractivity contribution in [1.29, 1.82) is 0 Å². The Labute approximate surface area is 274 Å². The van der Waals surface area contributed by atoms with Crippen LogP contribution in [0.25, 0.3) is 0 Å². The topological polar surface area (TPSA) is 125 Å². The fourth-order valence-electron chi connectivity index (χ4n) is 7.10. The molecule has 244 valence electrons. The van der Waals surface area contributed by atoms with Crippen molar-refractivity contribution in [2.75, 3.05) is 24.6 Å². The zero-order valence-electron chi connectivity index (χ0n) is 25.8. The van der Waals surface area contributed by atoms with E-state index < -0.39 is 66.1 Å². The number of carbonyl (C=O) groups is 4. The molecular weight excluding hydrogens is 610 g/mol. The summed E-state index contributed by atoms with van der Waals surface area (Å²) in [6.45, 7) is 8.87. The van der Waals surface area contributed by atoms with Gasteiger partial charge in [0.25, 0.3) is 5.91 Å². The van der Waals surface area contributed by atoms with E-state index in [9.17, 15) is 24.3 Å². The monoisotopic (exact) mass is 649 g/mol. The zero-order valence-corrected chi connectivity index (χ0v) is 26.6. The van der Waals surface area contributed by atoms with Crippen LogP contribution in [0.4, 0.5) is 5.69 Å². The van der Waals surface area contributed by atoms with E-state index in [1.54, 1.807) is 55.5 Å². The van der Waals surface area contributed by atoms with E-state index in [-0.39, 0.29) is 25.4 Å². The summed E-state index contributed by atoms with van der Waals surface area (Å²) in [4.78, 5) is 58.2. The third-order valence-corrected chi connectivity index (χ3v) is 9.51. The Bertz CT molecular complexity index is 1490. The average molecular weight is 650 g/mol. The van der Waals surface area contributed by atoms with Crippen molar-refractivity contribution in [2.24, 2.45) is 11.8 Å². The highest BCUT2D eigenvalue weighted by atomic mass is 35.5. The van der Waals surface area contributed by atoms with Crippen LogP contribution in [0.15, 0.2) is 79.9 Å². The summed E-state index contributed by atoms with van der Waals surface area (Å²) >= 11 is 6.51. The molecule has 2 bridgehead atoms. The van der Waals surface area contributed by atoms with Gasteiger partial charge in [-0.05, 0) is 43.9 Å². The molecule has 3 heterocycles. The Morgan fingerprint density at radius 2 is 1.89 bits per heavy atom. The normalized spacial score (nSPS) is 25.8. The van der Waals surface area contributed by atoms with Gasteiger partial charge in [-0.1, -0.05) is 66.2 Å². The van der Waals surface area contributed by atoms with Crippen molar-refractivity contribution in [1.82, 2.24) is 10.2 Å². The molecule has 3 amide bonds. The van der Waals surface area contributed by atoms with Crippen LogP contribution in [0.5, 0.6) is 0 Å². The number of ether oxygens (including phenoxy) is 2. The van der Waals surface area contributed by atoms with E-state index in [0.29, 0.717) is 35.5 Å². The Hall–Kier alpha value is -3.99. The van der Waals surface area contributed by atoms with Crippen molar-refractivity contribution in [3.05, 3.63) is 90.5 Å². The van der Waals surface area contributed by atoms with Gasteiger partial charge in [-0.3, -0.25) is 19.2 Å². The molecule has 0 radical (unpaired) electrons. The molecule has 3 aliphatic heterocycles. The highest BCUT2D eigenvalue weighted by molar-refractivity contribution is 6.34. The number of allylic oxidation sites excluding steroid dienone is 1. The molecule has 5 rings (SSSR count). The standard InChI is InChI=1S/C35H40ClN3O7/c1-4-6-16-28(41)37-20-27(23-12-8-7-9-13-23)45-34(44)29-26-17-18-35(46-26)30(29)32(42)39(22(3)21-40)31(35)33(43)38(19-5-2)25-15-11-10-14-24(25)36/h4-5,7-15,22,26-27,29-31,40H,1-2,6,16-21H2,3H3,(H,37,41)/t22-,26+,27-,29-,30-,31+,35-/m1/s1. The molecule has 11 heteroatoms.